The second-order valence-electron chi connectivity index (χ2n) is 9.18. The zero-order valence-corrected chi connectivity index (χ0v) is 25.3. The molecule has 43 heavy (non-hydrogen) atoms. The number of anilines is 2. The van der Waals surface area contributed by atoms with E-state index in [2.05, 4.69) is 15.6 Å². The maximum atomic E-state index is 13.7. The quantitative estimate of drug-likeness (QED) is 0.149. The standard InChI is InChI=1S/C33H29N3O5S2/c1-39-24-17-15-21(16-18-24)26-20-42-33(35-26)36-32(38)30(22-9-5-4-6-10-22)43-25-12-7-11-23(19-25)34-31(37)29-27(40-2)13-8-14-28(29)41-3/h4-20,30H,1-3H3,(H,34,37)(H,35,36,38). The smallest absolute Gasteiger partial charge is 0.263 e. The molecule has 5 rings (SSSR count). The number of rotatable bonds is 11. The van der Waals surface area contributed by atoms with Crippen LogP contribution in [0.5, 0.6) is 17.2 Å². The number of carbonyl (C=O) groups is 2. The highest BCUT2D eigenvalue weighted by molar-refractivity contribution is 8.00. The average Bonchev–Trinajstić information content (AvgIpc) is 3.52. The molecule has 1 atom stereocenters. The summed E-state index contributed by atoms with van der Waals surface area (Å²) < 4.78 is 16.0. The fourth-order valence-corrected chi connectivity index (χ4v) is 6.16. The number of amides is 2. The maximum absolute atomic E-state index is 13.7. The van der Waals surface area contributed by atoms with E-state index in [0.29, 0.717) is 27.9 Å². The Morgan fingerprint density at radius 2 is 1.49 bits per heavy atom. The Morgan fingerprint density at radius 1 is 0.791 bits per heavy atom. The van der Waals surface area contributed by atoms with E-state index in [4.69, 9.17) is 14.2 Å². The van der Waals surface area contributed by atoms with Gasteiger partial charge in [-0.2, -0.15) is 0 Å². The number of aromatic nitrogens is 1. The predicted molar refractivity (Wildman–Crippen MR) is 172 cm³/mol. The van der Waals surface area contributed by atoms with Gasteiger partial charge in [-0.15, -0.1) is 23.1 Å². The van der Waals surface area contributed by atoms with Crippen LogP contribution in [-0.4, -0.2) is 38.1 Å². The Morgan fingerprint density at radius 3 is 2.16 bits per heavy atom. The van der Waals surface area contributed by atoms with Crippen LogP contribution in [-0.2, 0) is 4.79 Å². The van der Waals surface area contributed by atoms with E-state index in [9.17, 15) is 9.59 Å². The van der Waals surface area contributed by atoms with Crippen molar-refractivity contribution >= 4 is 45.7 Å². The molecule has 0 radical (unpaired) electrons. The van der Waals surface area contributed by atoms with Gasteiger partial charge in [-0.3, -0.25) is 9.59 Å². The molecule has 1 aromatic heterocycles. The number of hydrogen-bond donors (Lipinski definition) is 2. The Bertz CT molecular complexity index is 1690. The molecule has 10 heteroatoms. The average molecular weight is 612 g/mol. The zero-order valence-electron chi connectivity index (χ0n) is 23.7. The molecule has 5 aromatic rings. The number of thioether (sulfide) groups is 1. The van der Waals surface area contributed by atoms with Crippen LogP contribution in [0.3, 0.4) is 0 Å². The minimum absolute atomic E-state index is 0.208. The molecule has 0 bridgehead atoms. The SMILES string of the molecule is COc1ccc(-c2csc(NC(=O)C(Sc3cccc(NC(=O)c4c(OC)cccc4OC)c3)c3ccccc3)n2)cc1. The number of nitrogens with zero attached hydrogens (tertiary/aromatic N) is 1. The molecular weight excluding hydrogens is 583 g/mol. The Kier molecular flexibility index (Phi) is 9.60. The number of thiazole rings is 1. The molecule has 0 aliphatic heterocycles. The van der Waals surface area contributed by atoms with Crippen LogP contribution >= 0.6 is 23.1 Å². The largest absolute Gasteiger partial charge is 0.497 e. The summed E-state index contributed by atoms with van der Waals surface area (Å²) in [5, 5.41) is 7.76. The molecule has 8 nitrogen and oxygen atoms in total. The van der Waals surface area contributed by atoms with E-state index >= 15 is 0 Å². The van der Waals surface area contributed by atoms with E-state index in [0.717, 1.165) is 27.5 Å². The highest BCUT2D eigenvalue weighted by Gasteiger charge is 2.24. The zero-order chi connectivity index (χ0) is 30.2. The van der Waals surface area contributed by atoms with Crippen LogP contribution in [0.1, 0.15) is 21.2 Å². The van der Waals surface area contributed by atoms with Gasteiger partial charge in [0.15, 0.2) is 5.13 Å². The summed E-state index contributed by atoms with van der Waals surface area (Å²) in [6, 6.07) is 29.7. The van der Waals surface area contributed by atoms with Crippen LogP contribution in [0.2, 0.25) is 0 Å². The van der Waals surface area contributed by atoms with E-state index in [1.54, 1.807) is 31.4 Å². The van der Waals surface area contributed by atoms with Gasteiger partial charge in [0.25, 0.3) is 5.91 Å². The van der Waals surface area contributed by atoms with Crippen LogP contribution < -0.4 is 24.8 Å². The van der Waals surface area contributed by atoms with Crippen LogP contribution in [0, 0.1) is 0 Å². The minimum Gasteiger partial charge on any atom is -0.497 e. The van der Waals surface area contributed by atoms with Crippen LogP contribution in [0.25, 0.3) is 11.3 Å². The number of nitrogens with one attached hydrogen (secondary N) is 2. The number of ether oxygens (including phenoxy) is 3. The highest BCUT2D eigenvalue weighted by atomic mass is 32.2. The molecule has 0 aliphatic carbocycles. The first-order chi connectivity index (χ1) is 21.0. The van der Waals surface area contributed by atoms with Crippen LogP contribution in [0.4, 0.5) is 10.8 Å². The first-order valence-corrected chi connectivity index (χ1v) is 15.0. The molecule has 0 saturated heterocycles. The summed E-state index contributed by atoms with van der Waals surface area (Å²) in [5.74, 6) is 0.990. The van der Waals surface area contributed by atoms with Crippen molar-refractivity contribution < 1.29 is 23.8 Å². The third kappa shape index (κ3) is 7.17. The fraction of sp³-hybridized carbons (Fsp3) is 0.121. The van der Waals surface area contributed by atoms with Crippen molar-refractivity contribution in [2.45, 2.75) is 10.1 Å². The van der Waals surface area contributed by atoms with Gasteiger partial charge >= 0.3 is 0 Å². The first-order valence-electron chi connectivity index (χ1n) is 13.2. The maximum Gasteiger partial charge on any atom is 0.263 e. The van der Waals surface area contributed by atoms with Gasteiger partial charge in [-0.1, -0.05) is 42.5 Å². The summed E-state index contributed by atoms with van der Waals surface area (Å²) in [4.78, 5) is 32.3. The molecule has 2 amide bonds. The molecule has 1 unspecified atom stereocenters. The molecule has 0 fully saturated rings. The number of benzene rings is 4. The molecule has 1 heterocycles. The van der Waals surface area contributed by atoms with Crippen molar-refractivity contribution in [2.24, 2.45) is 0 Å². The van der Waals surface area contributed by atoms with E-state index < -0.39 is 5.25 Å². The third-order valence-corrected chi connectivity index (χ3v) is 8.47. The second kappa shape index (κ2) is 13.9. The van der Waals surface area contributed by atoms with Crippen molar-refractivity contribution in [3.05, 3.63) is 114 Å². The molecule has 0 aliphatic rings. The van der Waals surface area contributed by atoms with Gasteiger partial charge in [0.05, 0.1) is 27.0 Å². The highest BCUT2D eigenvalue weighted by Crippen LogP contribution is 2.38. The van der Waals surface area contributed by atoms with E-state index in [1.807, 2.05) is 78.2 Å². The van der Waals surface area contributed by atoms with Crippen molar-refractivity contribution in [3.63, 3.8) is 0 Å². The van der Waals surface area contributed by atoms with Gasteiger partial charge in [0.2, 0.25) is 5.91 Å². The molecule has 4 aromatic carbocycles. The summed E-state index contributed by atoms with van der Waals surface area (Å²) in [6.45, 7) is 0. The molecule has 2 N–H and O–H groups in total. The Hall–Kier alpha value is -4.80. The van der Waals surface area contributed by atoms with Crippen molar-refractivity contribution in [2.75, 3.05) is 32.0 Å². The molecule has 0 saturated carbocycles. The predicted octanol–water partition coefficient (Wildman–Crippen LogP) is 7.56. The van der Waals surface area contributed by atoms with Gasteiger partial charge < -0.3 is 24.8 Å². The number of methoxy groups -OCH3 is 3. The molecular formula is C33H29N3O5S2. The lowest BCUT2D eigenvalue weighted by Crippen LogP contribution is -2.19. The van der Waals surface area contributed by atoms with Gasteiger partial charge in [-0.25, -0.2) is 4.98 Å². The lowest BCUT2D eigenvalue weighted by molar-refractivity contribution is -0.115. The van der Waals surface area contributed by atoms with E-state index in [1.165, 1.54) is 37.3 Å². The second-order valence-corrected chi connectivity index (χ2v) is 11.2. The lowest BCUT2D eigenvalue weighted by Gasteiger charge is -2.17. The van der Waals surface area contributed by atoms with Gasteiger partial charge in [-0.05, 0) is 60.2 Å². The van der Waals surface area contributed by atoms with E-state index in [-0.39, 0.29) is 11.8 Å². The fourth-order valence-electron chi connectivity index (χ4n) is 4.35. The van der Waals surface area contributed by atoms with Crippen molar-refractivity contribution in [1.29, 1.82) is 0 Å². The van der Waals surface area contributed by atoms with Crippen LogP contribution in [0.15, 0.2) is 107 Å². The lowest BCUT2D eigenvalue weighted by atomic mass is 10.1. The normalized spacial score (nSPS) is 11.3. The Labute approximate surface area is 258 Å². The van der Waals surface area contributed by atoms with Crippen molar-refractivity contribution in [3.8, 4) is 28.5 Å². The topological polar surface area (TPSA) is 98.8 Å². The minimum atomic E-state index is -0.574. The third-order valence-electron chi connectivity index (χ3n) is 6.46. The van der Waals surface area contributed by atoms with Gasteiger partial charge in [0.1, 0.15) is 28.1 Å². The monoisotopic (exact) mass is 611 g/mol. The molecule has 0 spiro atoms. The number of carbonyl (C=O) groups excluding carboxylic acids is 2. The molecule has 218 valence electrons. The summed E-state index contributed by atoms with van der Waals surface area (Å²) in [7, 11) is 4.63. The number of hydrogen-bond acceptors (Lipinski definition) is 8. The van der Waals surface area contributed by atoms with Crippen molar-refractivity contribution in [1.82, 2.24) is 4.98 Å². The first kappa shape index (κ1) is 29.7. The summed E-state index contributed by atoms with van der Waals surface area (Å²) in [5.41, 5.74) is 3.40. The van der Waals surface area contributed by atoms with Gasteiger partial charge in [0, 0.05) is 21.5 Å². The Balaban J connectivity index is 1.34. The summed E-state index contributed by atoms with van der Waals surface area (Å²) in [6.07, 6.45) is 0. The summed E-state index contributed by atoms with van der Waals surface area (Å²) >= 11 is 2.74.